The highest BCUT2D eigenvalue weighted by molar-refractivity contribution is 5.49. The van der Waals surface area contributed by atoms with Gasteiger partial charge in [0.15, 0.2) is 0 Å². The van der Waals surface area contributed by atoms with Crippen LogP contribution in [0.1, 0.15) is 12.5 Å². The van der Waals surface area contributed by atoms with E-state index in [0.29, 0.717) is 13.2 Å². The predicted molar refractivity (Wildman–Crippen MR) is 84.5 cm³/mol. The van der Waals surface area contributed by atoms with E-state index in [0.717, 1.165) is 28.5 Å². The number of hydrogen-bond donors (Lipinski definition) is 1. The maximum atomic E-state index is 5.49. The van der Waals surface area contributed by atoms with Crippen LogP contribution in [0.15, 0.2) is 42.5 Å². The van der Waals surface area contributed by atoms with Gasteiger partial charge in [-0.1, -0.05) is 6.07 Å². The molecule has 1 N–H and O–H groups in total. The molecule has 2 aromatic rings. The Balaban J connectivity index is 2.07. The Labute approximate surface area is 125 Å². The molecule has 0 heterocycles. The Morgan fingerprint density at radius 3 is 2.24 bits per heavy atom. The number of rotatable bonds is 7. The number of hydrogen-bond acceptors (Lipinski definition) is 4. The lowest BCUT2D eigenvalue weighted by Crippen LogP contribution is -2.01. The molecule has 0 aromatic heterocycles. The van der Waals surface area contributed by atoms with Gasteiger partial charge in [0.25, 0.3) is 0 Å². The quantitative estimate of drug-likeness (QED) is 0.842. The van der Waals surface area contributed by atoms with Crippen molar-refractivity contribution in [3.05, 3.63) is 48.0 Å². The van der Waals surface area contributed by atoms with Gasteiger partial charge < -0.3 is 19.5 Å². The topological polar surface area (TPSA) is 39.7 Å². The number of anilines is 1. The summed E-state index contributed by atoms with van der Waals surface area (Å²) in [5.41, 5.74) is 2.11. The van der Waals surface area contributed by atoms with E-state index in [4.69, 9.17) is 14.2 Å². The Kier molecular flexibility index (Phi) is 5.32. The second kappa shape index (κ2) is 7.43. The predicted octanol–water partition coefficient (Wildman–Crippen LogP) is 3.71. The Bertz CT molecular complexity index is 562. The number of benzene rings is 2. The van der Waals surface area contributed by atoms with Gasteiger partial charge >= 0.3 is 0 Å². The van der Waals surface area contributed by atoms with Gasteiger partial charge in [-0.15, -0.1) is 0 Å². The van der Waals surface area contributed by atoms with E-state index >= 15 is 0 Å². The molecule has 0 fully saturated rings. The summed E-state index contributed by atoms with van der Waals surface area (Å²) in [7, 11) is 3.30. The monoisotopic (exact) mass is 287 g/mol. The van der Waals surface area contributed by atoms with Crippen LogP contribution >= 0.6 is 0 Å². The van der Waals surface area contributed by atoms with Gasteiger partial charge in [0.05, 0.1) is 20.8 Å². The van der Waals surface area contributed by atoms with E-state index in [1.807, 2.05) is 49.4 Å². The molecule has 0 aliphatic heterocycles. The van der Waals surface area contributed by atoms with Crippen molar-refractivity contribution >= 4 is 5.69 Å². The van der Waals surface area contributed by atoms with Crippen LogP contribution in [0.3, 0.4) is 0 Å². The van der Waals surface area contributed by atoms with Gasteiger partial charge in [0, 0.05) is 24.4 Å². The fraction of sp³-hybridized carbons (Fsp3) is 0.294. The second-order valence-electron chi connectivity index (χ2n) is 4.54. The van der Waals surface area contributed by atoms with E-state index < -0.39 is 0 Å². The molecule has 0 unspecified atom stereocenters. The molecular weight excluding hydrogens is 266 g/mol. The molecule has 0 amide bonds. The summed E-state index contributed by atoms with van der Waals surface area (Å²) in [5, 5.41) is 3.37. The number of methoxy groups -OCH3 is 2. The van der Waals surface area contributed by atoms with E-state index in [2.05, 4.69) is 5.32 Å². The first-order chi connectivity index (χ1) is 10.2. The molecule has 0 bridgehead atoms. The number of ether oxygens (including phenoxy) is 3. The van der Waals surface area contributed by atoms with Crippen molar-refractivity contribution in [3.8, 4) is 17.2 Å². The highest BCUT2D eigenvalue weighted by Crippen LogP contribution is 2.24. The lowest BCUT2D eigenvalue weighted by molar-refractivity contribution is 0.340. The Hall–Kier alpha value is -2.36. The maximum absolute atomic E-state index is 5.49. The summed E-state index contributed by atoms with van der Waals surface area (Å²) in [6, 6.07) is 13.8. The highest BCUT2D eigenvalue weighted by atomic mass is 16.5. The van der Waals surface area contributed by atoms with E-state index in [-0.39, 0.29) is 0 Å². The molecule has 0 aliphatic carbocycles. The van der Waals surface area contributed by atoms with Gasteiger partial charge in [0.1, 0.15) is 17.2 Å². The zero-order valence-electron chi connectivity index (χ0n) is 12.7. The van der Waals surface area contributed by atoms with Crippen LogP contribution in [-0.2, 0) is 6.54 Å². The standard InChI is InChI=1S/C17H21NO3/c1-4-21-15-7-5-6-14(10-15)18-12-13-8-16(19-2)11-17(9-13)20-3/h5-11,18H,4,12H2,1-3H3. The van der Waals surface area contributed by atoms with Gasteiger partial charge in [-0.2, -0.15) is 0 Å². The summed E-state index contributed by atoms with van der Waals surface area (Å²) in [6.45, 7) is 3.32. The van der Waals surface area contributed by atoms with Crippen LogP contribution in [0.2, 0.25) is 0 Å². The SMILES string of the molecule is CCOc1cccc(NCc2cc(OC)cc(OC)c2)c1. The Morgan fingerprint density at radius 2 is 1.62 bits per heavy atom. The molecule has 2 rings (SSSR count). The van der Waals surface area contributed by atoms with Crippen LogP contribution in [0.5, 0.6) is 17.2 Å². The van der Waals surface area contributed by atoms with Crippen LogP contribution in [0.25, 0.3) is 0 Å². The lowest BCUT2D eigenvalue weighted by atomic mass is 10.2. The molecule has 112 valence electrons. The average Bonchev–Trinajstić information content (AvgIpc) is 2.53. The van der Waals surface area contributed by atoms with Crippen molar-refractivity contribution in [3.63, 3.8) is 0 Å². The normalized spacial score (nSPS) is 10.0. The molecule has 4 heteroatoms. The minimum atomic E-state index is 0.663. The third-order valence-corrected chi connectivity index (χ3v) is 3.05. The minimum Gasteiger partial charge on any atom is -0.497 e. The summed E-state index contributed by atoms with van der Waals surface area (Å²) >= 11 is 0. The second-order valence-corrected chi connectivity index (χ2v) is 4.54. The first-order valence-electron chi connectivity index (χ1n) is 6.94. The lowest BCUT2D eigenvalue weighted by Gasteiger charge is -2.11. The molecule has 0 saturated carbocycles. The van der Waals surface area contributed by atoms with E-state index in [9.17, 15) is 0 Å². The van der Waals surface area contributed by atoms with E-state index in [1.54, 1.807) is 14.2 Å². The number of nitrogens with one attached hydrogen (secondary N) is 1. The maximum Gasteiger partial charge on any atom is 0.122 e. The van der Waals surface area contributed by atoms with Crippen LogP contribution in [-0.4, -0.2) is 20.8 Å². The zero-order valence-corrected chi connectivity index (χ0v) is 12.7. The third-order valence-electron chi connectivity index (χ3n) is 3.05. The van der Waals surface area contributed by atoms with E-state index in [1.165, 1.54) is 0 Å². The first-order valence-corrected chi connectivity index (χ1v) is 6.94. The van der Waals surface area contributed by atoms with Gasteiger partial charge in [-0.05, 0) is 36.8 Å². The van der Waals surface area contributed by atoms with Gasteiger partial charge in [-0.25, -0.2) is 0 Å². The van der Waals surface area contributed by atoms with Gasteiger partial charge in [0.2, 0.25) is 0 Å². The van der Waals surface area contributed by atoms with Crippen LogP contribution < -0.4 is 19.5 Å². The smallest absolute Gasteiger partial charge is 0.122 e. The van der Waals surface area contributed by atoms with Crippen LogP contribution in [0.4, 0.5) is 5.69 Å². The molecular formula is C17H21NO3. The summed E-state index contributed by atoms with van der Waals surface area (Å²) < 4.78 is 16.0. The van der Waals surface area contributed by atoms with Crippen molar-refractivity contribution in [1.82, 2.24) is 0 Å². The highest BCUT2D eigenvalue weighted by Gasteiger charge is 2.02. The van der Waals surface area contributed by atoms with Gasteiger partial charge in [-0.3, -0.25) is 0 Å². The molecule has 0 aliphatic rings. The molecule has 0 saturated heterocycles. The third kappa shape index (κ3) is 4.31. The fourth-order valence-corrected chi connectivity index (χ4v) is 2.04. The largest absolute Gasteiger partial charge is 0.497 e. The molecule has 4 nitrogen and oxygen atoms in total. The van der Waals surface area contributed by atoms with Crippen LogP contribution in [0, 0.1) is 0 Å². The molecule has 0 spiro atoms. The molecule has 0 radical (unpaired) electrons. The minimum absolute atomic E-state index is 0.663. The fourth-order valence-electron chi connectivity index (χ4n) is 2.04. The van der Waals surface area contributed by atoms with Crippen molar-refractivity contribution in [2.45, 2.75) is 13.5 Å². The van der Waals surface area contributed by atoms with Crippen molar-refractivity contribution in [2.75, 3.05) is 26.1 Å². The molecule has 21 heavy (non-hydrogen) atoms. The zero-order chi connectivity index (χ0) is 15.1. The molecule has 2 aromatic carbocycles. The van der Waals surface area contributed by atoms with Crippen molar-refractivity contribution < 1.29 is 14.2 Å². The first kappa shape index (κ1) is 15.0. The van der Waals surface area contributed by atoms with Crippen molar-refractivity contribution in [1.29, 1.82) is 0 Å². The van der Waals surface area contributed by atoms with Crippen molar-refractivity contribution in [2.24, 2.45) is 0 Å². The summed E-state index contributed by atoms with van der Waals surface area (Å²) in [5.74, 6) is 2.44. The Morgan fingerprint density at radius 1 is 0.905 bits per heavy atom. The molecule has 0 atom stereocenters. The summed E-state index contributed by atoms with van der Waals surface area (Å²) in [4.78, 5) is 0. The average molecular weight is 287 g/mol. The summed E-state index contributed by atoms with van der Waals surface area (Å²) in [6.07, 6.45) is 0.